The maximum absolute atomic E-state index is 4.63. The van der Waals surface area contributed by atoms with Gasteiger partial charge in [-0.2, -0.15) is 5.10 Å². The topological polar surface area (TPSA) is 55.1 Å². The maximum atomic E-state index is 4.63. The van der Waals surface area contributed by atoms with Gasteiger partial charge in [0.2, 0.25) is 0 Å². The third-order valence-electron chi connectivity index (χ3n) is 4.19. The summed E-state index contributed by atoms with van der Waals surface area (Å²) in [5, 5.41) is 9.08. The first-order valence-corrected chi connectivity index (χ1v) is 8.03. The molecule has 0 saturated heterocycles. The molecule has 0 aliphatic rings. The number of anilines is 1. The van der Waals surface area contributed by atoms with Crippen LogP contribution in [0, 0.1) is 20.8 Å². The minimum absolute atomic E-state index is 0.673. The molecule has 5 heteroatoms. The summed E-state index contributed by atoms with van der Waals surface area (Å²) < 4.78 is 1.89. The standard InChI is InChI=1S/C19H19N5/c1-12-7-8-16-17(5-4-6-18(16)22-12)20-10-15-11-21-24-14(3)9-13(2)23-19(15)24/h4-9,11,20H,10H2,1-3H3. The third-order valence-corrected chi connectivity index (χ3v) is 4.19. The summed E-state index contributed by atoms with van der Waals surface area (Å²) in [5.41, 5.74) is 7.19. The van der Waals surface area contributed by atoms with Gasteiger partial charge in [-0.1, -0.05) is 6.07 Å². The number of hydrogen-bond acceptors (Lipinski definition) is 4. The molecular weight excluding hydrogens is 298 g/mol. The van der Waals surface area contributed by atoms with Gasteiger partial charge in [0.1, 0.15) is 0 Å². The molecule has 1 aromatic carbocycles. The van der Waals surface area contributed by atoms with Crippen molar-refractivity contribution in [3.8, 4) is 0 Å². The van der Waals surface area contributed by atoms with E-state index in [4.69, 9.17) is 0 Å². The van der Waals surface area contributed by atoms with Crippen LogP contribution in [0.3, 0.4) is 0 Å². The molecule has 24 heavy (non-hydrogen) atoms. The molecule has 0 aliphatic carbocycles. The lowest BCUT2D eigenvalue weighted by Gasteiger charge is -2.09. The number of pyridine rings is 1. The smallest absolute Gasteiger partial charge is 0.160 e. The lowest BCUT2D eigenvalue weighted by atomic mass is 10.1. The summed E-state index contributed by atoms with van der Waals surface area (Å²) in [5.74, 6) is 0. The van der Waals surface area contributed by atoms with Gasteiger partial charge in [0.05, 0.1) is 11.7 Å². The van der Waals surface area contributed by atoms with Crippen molar-refractivity contribution in [1.82, 2.24) is 19.6 Å². The van der Waals surface area contributed by atoms with Crippen LogP contribution in [0.5, 0.6) is 0 Å². The molecule has 0 saturated carbocycles. The molecule has 0 amide bonds. The minimum atomic E-state index is 0.673. The van der Waals surface area contributed by atoms with E-state index in [0.29, 0.717) is 6.54 Å². The van der Waals surface area contributed by atoms with E-state index in [-0.39, 0.29) is 0 Å². The van der Waals surface area contributed by atoms with Crippen LogP contribution in [0.2, 0.25) is 0 Å². The van der Waals surface area contributed by atoms with Crippen LogP contribution in [0.25, 0.3) is 16.6 Å². The van der Waals surface area contributed by atoms with Crippen molar-refractivity contribution in [2.75, 3.05) is 5.32 Å². The molecule has 3 heterocycles. The van der Waals surface area contributed by atoms with Gasteiger partial charge in [0, 0.05) is 40.3 Å². The fourth-order valence-electron chi connectivity index (χ4n) is 3.04. The molecule has 0 aliphatic heterocycles. The van der Waals surface area contributed by atoms with Gasteiger partial charge in [-0.15, -0.1) is 0 Å². The predicted octanol–water partition coefficient (Wildman–Crippen LogP) is 3.81. The first-order chi connectivity index (χ1) is 11.6. The molecule has 0 atom stereocenters. The second-order valence-electron chi connectivity index (χ2n) is 6.12. The molecular formula is C19H19N5. The highest BCUT2D eigenvalue weighted by atomic mass is 15.3. The van der Waals surface area contributed by atoms with E-state index < -0.39 is 0 Å². The molecule has 4 aromatic rings. The quantitative estimate of drug-likeness (QED) is 0.624. The molecule has 0 radical (unpaired) electrons. The van der Waals surface area contributed by atoms with Crippen LogP contribution < -0.4 is 5.32 Å². The summed E-state index contributed by atoms with van der Waals surface area (Å²) in [7, 11) is 0. The monoisotopic (exact) mass is 317 g/mol. The fourth-order valence-corrected chi connectivity index (χ4v) is 3.04. The highest BCUT2D eigenvalue weighted by Crippen LogP contribution is 2.23. The first-order valence-electron chi connectivity index (χ1n) is 8.03. The van der Waals surface area contributed by atoms with E-state index >= 15 is 0 Å². The van der Waals surface area contributed by atoms with Gasteiger partial charge >= 0.3 is 0 Å². The van der Waals surface area contributed by atoms with E-state index in [1.807, 2.05) is 55.7 Å². The average Bonchev–Trinajstić information content (AvgIpc) is 2.95. The van der Waals surface area contributed by atoms with Crippen LogP contribution >= 0.6 is 0 Å². The van der Waals surface area contributed by atoms with Crippen molar-refractivity contribution in [3.05, 3.63) is 65.2 Å². The highest BCUT2D eigenvalue weighted by Gasteiger charge is 2.09. The number of benzene rings is 1. The Balaban J connectivity index is 1.69. The van der Waals surface area contributed by atoms with Crippen LogP contribution in [0.15, 0.2) is 42.6 Å². The summed E-state index contributed by atoms with van der Waals surface area (Å²) in [6.45, 7) is 6.74. The van der Waals surface area contributed by atoms with Gasteiger partial charge < -0.3 is 5.32 Å². The molecule has 0 fully saturated rings. The first kappa shape index (κ1) is 14.6. The zero-order valence-corrected chi connectivity index (χ0v) is 14.0. The van der Waals surface area contributed by atoms with Gasteiger partial charge in [0.15, 0.2) is 5.65 Å². The van der Waals surface area contributed by atoms with E-state index in [1.165, 1.54) is 0 Å². The largest absolute Gasteiger partial charge is 0.380 e. The average molecular weight is 317 g/mol. The number of rotatable bonds is 3. The Labute approximate surface area is 140 Å². The second kappa shape index (κ2) is 5.60. The molecule has 0 spiro atoms. The lowest BCUT2D eigenvalue weighted by molar-refractivity contribution is 0.885. The third kappa shape index (κ3) is 2.48. The summed E-state index contributed by atoms with van der Waals surface area (Å²) >= 11 is 0. The van der Waals surface area contributed by atoms with E-state index in [1.54, 1.807) is 0 Å². The second-order valence-corrected chi connectivity index (χ2v) is 6.12. The van der Waals surface area contributed by atoms with Crippen LogP contribution in [-0.4, -0.2) is 19.6 Å². The number of aryl methyl sites for hydroxylation is 3. The summed E-state index contributed by atoms with van der Waals surface area (Å²) in [6.07, 6.45) is 1.88. The zero-order valence-electron chi connectivity index (χ0n) is 14.0. The molecule has 0 unspecified atom stereocenters. The number of aromatic nitrogens is 4. The van der Waals surface area contributed by atoms with E-state index in [9.17, 15) is 0 Å². The molecule has 0 bridgehead atoms. The fraction of sp³-hybridized carbons (Fsp3) is 0.211. The van der Waals surface area contributed by atoms with Crippen LogP contribution in [-0.2, 0) is 6.54 Å². The van der Waals surface area contributed by atoms with E-state index in [2.05, 4.69) is 32.5 Å². The number of nitrogens with zero attached hydrogens (tertiary/aromatic N) is 4. The predicted molar refractivity (Wildman–Crippen MR) is 96.3 cm³/mol. The molecule has 4 rings (SSSR count). The zero-order chi connectivity index (χ0) is 16.7. The van der Waals surface area contributed by atoms with Crippen molar-refractivity contribution in [2.45, 2.75) is 27.3 Å². The van der Waals surface area contributed by atoms with Gasteiger partial charge in [-0.05, 0) is 51.1 Å². The van der Waals surface area contributed by atoms with Gasteiger partial charge in [0.25, 0.3) is 0 Å². The van der Waals surface area contributed by atoms with Crippen LogP contribution in [0.1, 0.15) is 22.6 Å². The molecule has 120 valence electrons. The SMILES string of the molecule is Cc1ccc2c(NCc3cnn4c(C)cc(C)nc34)cccc2n1. The summed E-state index contributed by atoms with van der Waals surface area (Å²) in [4.78, 5) is 9.22. The highest BCUT2D eigenvalue weighted by molar-refractivity contribution is 5.91. The van der Waals surface area contributed by atoms with Crippen LogP contribution in [0.4, 0.5) is 5.69 Å². The lowest BCUT2D eigenvalue weighted by Crippen LogP contribution is -2.02. The normalized spacial score (nSPS) is 11.3. The Hall–Kier alpha value is -2.95. The van der Waals surface area contributed by atoms with Gasteiger partial charge in [-0.25, -0.2) is 9.50 Å². The minimum Gasteiger partial charge on any atom is -0.380 e. The Morgan fingerprint density at radius 3 is 2.75 bits per heavy atom. The number of nitrogens with one attached hydrogen (secondary N) is 1. The Morgan fingerprint density at radius 1 is 1.00 bits per heavy atom. The Kier molecular flexibility index (Phi) is 3.41. The number of hydrogen-bond donors (Lipinski definition) is 1. The molecule has 5 nitrogen and oxygen atoms in total. The summed E-state index contributed by atoms with van der Waals surface area (Å²) in [6, 6.07) is 12.3. The Bertz CT molecular complexity index is 1050. The molecule has 1 N–H and O–H groups in total. The maximum Gasteiger partial charge on any atom is 0.160 e. The van der Waals surface area contributed by atoms with Crippen molar-refractivity contribution in [2.24, 2.45) is 0 Å². The van der Waals surface area contributed by atoms with E-state index in [0.717, 1.165) is 44.9 Å². The number of fused-ring (bicyclic) bond motifs is 2. The van der Waals surface area contributed by atoms with Crippen molar-refractivity contribution in [1.29, 1.82) is 0 Å². The van der Waals surface area contributed by atoms with Gasteiger partial charge in [-0.3, -0.25) is 4.98 Å². The van der Waals surface area contributed by atoms with Crippen molar-refractivity contribution >= 4 is 22.2 Å². The van der Waals surface area contributed by atoms with Crippen molar-refractivity contribution in [3.63, 3.8) is 0 Å². The van der Waals surface area contributed by atoms with Crippen molar-refractivity contribution < 1.29 is 0 Å². The Morgan fingerprint density at radius 2 is 1.88 bits per heavy atom. The molecule has 3 aromatic heterocycles.